The largest absolute Gasteiger partial charge is 0.435 e. The van der Waals surface area contributed by atoms with Crippen LogP contribution in [-0.4, -0.2) is 40.0 Å². The van der Waals surface area contributed by atoms with Crippen LogP contribution in [0.5, 0.6) is 0 Å². The number of hydrogen-bond donors (Lipinski definition) is 2. The van der Waals surface area contributed by atoms with Gasteiger partial charge in [-0.1, -0.05) is 0 Å². The number of rotatable bonds is 4. The van der Waals surface area contributed by atoms with Gasteiger partial charge in [-0.3, -0.25) is 4.79 Å². The number of halogens is 3. The van der Waals surface area contributed by atoms with Crippen molar-refractivity contribution in [2.24, 2.45) is 5.73 Å². The van der Waals surface area contributed by atoms with Gasteiger partial charge < -0.3 is 16.0 Å². The first-order valence-electron chi connectivity index (χ1n) is 8.35. The third-order valence-electron chi connectivity index (χ3n) is 4.51. The van der Waals surface area contributed by atoms with Crippen LogP contribution >= 0.6 is 0 Å². The second-order valence-corrected chi connectivity index (χ2v) is 6.42. The summed E-state index contributed by atoms with van der Waals surface area (Å²) in [7, 11) is 0. The van der Waals surface area contributed by atoms with Crippen molar-refractivity contribution >= 4 is 17.4 Å². The lowest BCUT2D eigenvalue weighted by Crippen LogP contribution is -2.29. The minimum Gasteiger partial charge on any atom is -0.379 e. The molecule has 1 fully saturated rings. The fourth-order valence-corrected chi connectivity index (χ4v) is 3.07. The molecule has 0 aromatic carbocycles. The first-order chi connectivity index (χ1) is 12.7. The van der Waals surface area contributed by atoms with Crippen LogP contribution in [0.3, 0.4) is 0 Å². The first kappa shape index (κ1) is 18.9. The van der Waals surface area contributed by atoms with Crippen LogP contribution in [0.25, 0.3) is 0 Å². The Labute approximate surface area is 153 Å². The Morgan fingerprint density at radius 3 is 2.74 bits per heavy atom. The molecule has 0 spiro atoms. The van der Waals surface area contributed by atoms with Gasteiger partial charge in [0.1, 0.15) is 5.82 Å². The Morgan fingerprint density at radius 2 is 2.07 bits per heavy atom. The minimum absolute atomic E-state index is 0.0507. The van der Waals surface area contributed by atoms with Gasteiger partial charge in [0.25, 0.3) is 5.91 Å². The van der Waals surface area contributed by atoms with E-state index in [0.29, 0.717) is 31.0 Å². The van der Waals surface area contributed by atoms with E-state index in [9.17, 15) is 18.0 Å². The van der Waals surface area contributed by atoms with Crippen molar-refractivity contribution in [1.82, 2.24) is 15.0 Å². The lowest BCUT2D eigenvalue weighted by Gasteiger charge is -2.22. The van der Waals surface area contributed by atoms with E-state index in [1.807, 2.05) is 11.8 Å². The molecule has 0 aliphatic carbocycles. The molecule has 1 saturated heterocycles. The summed E-state index contributed by atoms with van der Waals surface area (Å²) in [5, 5.41) is 2.93. The SMILES string of the molecule is Cc1nc(C(N)=O)nc(N2CC[C@@H](Nc3cccnc3C(F)(F)F)C2)c1C. The second kappa shape index (κ2) is 7.01. The van der Waals surface area contributed by atoms with Crippen LogP contribution in [0.4, 0.5) is 24.7 Å². The summed E-state index contributed by atoms with van der Waals surface area (Å²) in [5.41, 5.74) is 5.73. The zero-order valence-corrected chi connectivity index (χ0v) is 14.8. The molecule has 0 bridgehead atoms. The van der Waals surface area contributed by atoms with Gasteiger partial charge in [0.15, 0.2) is 5.69 Å². The normalized spacial score (nSPS) is 17.2. The topological polar surface area (TPSA) is 97.0 Å². The van der Waals surface area contributed by atoms with E-state index in [1.165, 1.54) is 12.1 Å². The number of aryl methyl sites for hydroxylation is 1. The van der Waals surface area contributed by atoms with Crippen molar-refractivity contribution in [3.63, 3.8) is 0 Å². The number of primary amides is 1. The molecule has 0 unspecified atom stereocenters. The van der Waals surface area contributed by atoms with E-state index in [2.05, 4.69) is 20.3 Å². The van der Waals surface area contributed by atoms with Crippen molar-refractivity contribution in [1.29, 1.82) is 0 Å². The Kier molecular flexibility index (Phi) is 4.90. The summed E-state index contributed by atoms with van der Waals surface area (Å²) in [6.45, 7) is 4.60. The van der Waals surface area contributed by atoms with E-state index in [1.54, 1.807) is 6.92 Å². The predicted octanol–water partition coefficient (Wildman–Crippen LogP) is 2.30. The number of aromatic nitrogens is 3. The summed E-state index contributed by atoms with van der Waals surface area (Å²) >= 11 is 0. The molecule has 0 saturated carbocycles. The number of hydrogen-bond acceptors (Lipinski definition) is 6. The highest BCUT2D eigenvalue weighted by Crippen LogP contribution is 2.34. The van der Waals surface area contributed by atoms with Crippen LogP contribution in [0.15, 0.2) is 18.3 Å². The van der Waals surface area contributed by atoms with E-state index in [0.717, 1.165) is 11.8 Å². The zero-order valence-electron chi connectivity index (χ0n) is 14.8. The first-order valence-corrected chi connectivity index (χ1v) is 8.35. The highest BCUT2D eigenvalue weighted by Gasteiger charge is 2.36. The van der Waals surface area contributed by atoms with Gasteiger partial charge in [-0.05, 0) is 32.4 Å². The van der Waals surface area contributed by atoms with Gasteiger partial charge in [0.2, 0.25) is 5.82 Å². The van der Waals surface area contributed by atoms with Gasteiger partial charge >= 0.3 is 6.18 Å². The Bertz CT molecular complexity index is 870. The number of nitrogens with two attached hydrogens (primary N) is 1. The molecule has 1 atom stereocenters. The molecule has 3 heterocycles. The molecule has 1 amide bonds. The van der Waals surface area contributed by atoms with Gasteiger partial charge in [0.05, 0.1) is 5.69 Å². The molecule has 7 nitrogen and oxygen atoms in total. The molecule has 2 aromatic heterocycles. The van der Waals surface area contributed by atoms with Crippen molar-refractivity contribution in [3.05, 3.63) is 41.1 Å². The molecule has 27 heavy (non-hydrogen) atoms. The summed E-state index contributed by atoms with van der Waals surface area (Å²) in [6, 6.07) is 2.60. The average molecular weight is 380 g/mol. The predicted molar refractivity (Wildman–Crippen MR) is 93.5 cm³/mol. The molecule has 1 aliphatic heterocycles. The number of carbonyl (C=O) groups is 1. The number of carbonyl (C=O) groups excluding carboxylic acids is 1. The summed E-state index contributed by atoms with van der Waals surface area (Å²) in [6.07, 6.45) is -2.80. The fourth-order valence-electron chi connectivity index (χ4n) is 3.07. The van der Waals surface area contributed by atoms with Crippen molar-refractivity contribution < 1.29 is 18.0 Å². The molecular formula is C17H19F3N6O. The molecular weight excluding hydrogens is 361 g/mol. The lowest BCUT2D eigenvalue weighted by atomic mass is 10.2. The van der Waals surface area contributed by atoms with E-state index in [-0.39, 0.29) is 17.6 Å². The van der Waals surface area contributed by atoms with Crippen molar-refractivity contribution in [3.8, 4) is 0 Å². The smallest absolute Gasteiger partial charge is 0.379 e. The third-order valence-corrected chi connectivity index (χ3v) is 4.51. The quantitative estimate of drug-likeness (QED) is 0.845. The van der Waals surface area contributed by atoms with Crippen LogP contribution in [0.2, 0.25) is 0 Å². The highest BCUT2D eigenvalue weighted by molar-refractivity contribution is 5.89. The van der Waals surface area contributed by atoms with Crippen LogP contribution in [0.1, 0.15) is 34.0 Å². The van der Waals surface area contributed by atoms with Crippen LogP contribution < -0.4 is 16.0 Å². The standard InChI is InChI=1S/C17H19F3N6O/c1-9-10(2)23-15(14(21)27)25-16(9)26-7-5-11(8-26)24-12-4-3-6-22-13(12)17(18,19)20/h3-4,6,11,24H,5,7-8H2,1-2H3,(H2,21,27)/t11-/m1/s1. The molecule has 2 aromatic rings. The summed E-state index contributed by atoms with van der Waals surface area (Å²) in [5.74, 6) is -0.225. The molecule has 0 radical (unpaired) electrons. The summed E-state index contributed by atoms with van der Waals surface area (Å²) in [4.78, 5) is 25.1. The molecule has 1 aliphatic rings. The third kappa shape index (κ3) is 3.93. The lowest BCUT2D eigenvalue weighted by molar-refractivity contribution is -0.140. The van der Waals surface area contributed by atoms with E-state index >= 15 is 0 Å². The Balaban J connectivity index is 1.80. The zero-order chi connectivity index (χ0) is 19.8. The van der Waals surface area contributed by atoms with Gasteiger partial charge in [-0.15, -0.1) is 0 Å². The van der Waals surface area contributed by atoms with Gasteiger partial charge in [-0.2, -0.15) is 13.2 Å². The van der Waals surface area contributed by atoms with E-state index < -0.39 is 17.8 Å². The monoisotopic (exact) mass is 380 g/mol. The average Bonchev–Trinajstić information content (AvgIpc) is 3.04. The van der Waals surface area contributed by atoms with Gasteiger partial charge in [-0.25, -0.2) is 15.0 Å². The van der Waals surface area contributed by atoms with Crippen LogP contribution in [0, 0.1) is 13.8 Å². The Morgan fingerprint density at radius 1 is 1.33 bits per heavy atom. The number of nitrogens with zero attached hydrogens (tertiary/aromatic N) is 4. The maximum Gasteiger partial charge on any atom is 0.435 e. The van der Waals surface area contributed by atoms with Crippen molar-refractivity contribution in [2.75, 3.05) is 23.3 Å². The van der Waals surface area contributed by atoms with Gasteiger partial charge in [0, 0.05) is 36.6 Å². The summed E-state index contributed by atoms with van der Waals surface area (Å²) < 4.78 is 39.3. The maximum atomic E-state index is 13.1. The molecule has 10 heteroatoms. The minimum atomic E-state index is -4.53. The second-order valence-electron chi connectivity index (χ2n) is 6.42. The van der Waals surface area contributed by atoms with E-state index in [4.69, 9.17) is 5.73 Å². The highest BCUT2D eigenvalue weighted by atomic mass is 19.4. The Hall–Kier alpha value is -2.91. The maximum absolute atomic E-state index is 13.1. The number of nitrogens with one attached hydrogen (secondary N) is 1. The number of alkyl halides is 3. The van der Waals surface area contributed by atoms with Crippen LogP contribution in [-0.2, 0) is 6.18 Å². The molecule has 3 rings (SSSR count). The van der Waals surface area contributed by atoms with Crippen molar-refractivity contribution in [2.45, 2.75) is 32.5 Å². The number of pyridine rings is 1. The number of amides is 1. The molecule has 144 valence electrons. The number of anilines is 2. The molecule has 3 N–H and O–H groups in total. The fraction of sp³-hybridized carbons (Fsp3) is 0.412.